The molecule has 1 aromatic heterocycles. The lowest BCUT2D eigenvalue weighted by atomic mass is 10.0. The molecule has 7 nitrogen and oxygen atoms in total. The van der Waals surface area contributed by atoms with Crippen LogP contribution >= 0.6 is 11.3 Å². The molecule has 1 unspecified atom stereocenters. The molecule has 2 amide bonds. The fourth-order valence-electron chi connectivity index (χ4n) is 1.38. The zero-order valence-corrected chi connectivity index (χ0v) is 11.6. The van der Waals surface area contributed by atoms with Gasteiger partial charge in [0, 0.05) is 17.6 Å². The van der Waals surface area contributed by atoms with E-state index in [9.17, 15) is 14.7 Å². The van der Waals surface area contributed by atoms with Gasteiger partial charge in [-0.3, -0.25) is 4.79 Å². The highest BCUT2D eigenvalue weighted by atomic mass is 32.1. The van der Waals surface area contributed by atoms with E-state index in [1.807, 2.05) is 6.92 Å². The smallest absolute Gasteiger partial charge is 0.315 e. The molecule has 0 bridgehead atoms. The zero-order chi connectivity index (χ0) is 14.5. The molecule has 1 aromatic rings. The SMILES string of the molecule is Cc1ncc(CNC(=O)NCC(C)(O)CC(=O)O)s1. The van der Waals surface area contributed by atoms with Gasteiger partial charge in [0.1, 0.15) is 0 Å². The minimum Gasteiger partial charge on any atom is -0.481 e. The number of hydrogen-bond acceptors (Lipinski definition) is 5. The Morgan fingerprint density at radius 1 is 1.47 bits per heavy atom. The number of nitrogens with zero attached hydrogens (tertiary/aromatic N) is 1. The standard InChI is InChI=1S/C11H17N3O4S/c1-7-12-4-8(19-7)5-13-10(17)14-6-11(2,18)3-9(15)16/h4,18H,3,5-6H2,1-2H3,(H,15,16)(H2,13,14,17). The van der Waals surface area contributed by atoms with Crippen LogP contribution in [0.4, 0.5) is 4.79 Å². The maximum atomic E-state index is 11.5. The van der Waals surface area contributed by atoms with Crippen LogP contribution in [0.15, 0.2) is 6.20 Å². The van der Waals surface area contributed by atoms with E-state index < -0.39 is 24.0 Å². The lowest BCUT2D eigenvalue weighted by Crippen LogP contribution is -2.45. The highest BCUT2D eigenvalue weighted by Gasteiger charge is 2.24. The first-order valence-electron chi connectivity index (χ1n) is 5.66. The van der Waals surface area contributed by atoms with Crippen LogP contribution < -0.4 is 10.6 Å². The fourth-order valence-corrected chi connectivity index (χ4v) is 2.11. The average Bonchev–Trinajstić information content (AvgIpc) is 2.68. The lowest BCUT2D eigenvalue weighted by molar-refractivity contribution is -0.141. The second-order valence-corrected chi connectivity index (χ2v) is 5.77. The van der Waals surface area contributed by atoms with E-state index in [1.54, 1.807) is 6.20 Å². The number of aromatic nitrogens is 1. The normalized spacial score (nSPS) is 13.6. The molecule has 1 heterocycles. The number of carboxylic acid groups (broad SMARTS) is 1. The van der Waals surface area contributed by atoms with E-state index in [0.717, 1.165) is 9.88 Å². The molecule has 0 fully saturated rings. The monoisotopic (exact) mass is 287 g/mol. The molecule has 0 aromatic carbocycles. The van der Waals surface area contributed by atoms with Crippen LogP contribution in [0.5, 0.6) is 0 Å². The predicted octanol–water partition coefficient (Wildman–Crippen LogP) is 0.476. The van der Waals surface area contributed by atoms with Crippen molar-refractivity contribution in [2.45, 2.75) is 32.4 Å². The highest BCUT2D eigenvalue weighted by Crippen LogP contribution is 2.10. The van der Waals surface area contributed by atoms with Crippen molar-refractivity contribution in [3.63, 3.8) is 0 Å². The summed E-state index contributed by atoms with van der Waals surface area (Å²) in [6, 6.07) is -0.461. The van der Waals surface area contributed by atoms with Gasteiger partial charge in [-0.2, -0.15) is 0 Å². The van der Waals surface area contributed by atoms with Crippen molar-refractivity contribution < 1.29 is 19.8 Å². The molecule has 19 heavy (non-hydrogen) atoms. The molecular formula is C11H17N3O4S. The Hall–Kier alpha value is -1.67. The summed E-state index contributed by atoms with van der Waals surface area (Å²) in [5, 5.41) is 24.2. The summed E-state index contributed by atoms with van der Waals surface area (Å²) in [7, 11) is 0. The number of amides is 2. The van der Waals surface area contributed by atoms with E-state index in [1.165, 1.54) is 18.3 Å². The molecule has 1 rings (SSSR count). The number of hydrogen-bond donors (Lipinski definition) is 4. The van der Waals surface area contributed by atoms with Crippen LogP contribution in [-0.4, -0.2) is 39.3 Å². The lowest BCUT2D eigenvalue weighted by Gasteiger charge is -2.21. The molecule has 0 aliphatic heterocycles. The van der Waals surface area contributed by atoms with E-state index in [2.05, 4.69) is 15.6 Å². The van der Waals surface area contributed by atoms with Crippen LogP contribution in [-0.2, 0) is 11.3 Å². The molecule has 0 spiro atoms. The van der Waals surface area contributed by atoms with E-state index in [4.69, 9.17) is 5.11 Å². The third-order valence-corrected chi connectivity index (χ3v) is 3.17. The Bertz CT molecular complexity index is 459. The molecule has 0 saturated heterocycles. The summed E-state index contributed by atoms with van der Waals surface area (Å²) in [6.45, 7) is 3.44. The molecule has 1 atom stereocenters. The molecule has 4 N–H and O–H groups in total. The van der Waals surface area contributed by atoms with Crippen molar-refractivity contribution >= 4 is 23.3 Å². The molecule has 0 aliphatic rings. The quantitative estimate of drug-likeness (QED) is 0.608. The molecule has 8 heteroatoms. The zero-order valence-electron chi connectivity index (χ0n) is 10.8. The first kappa shape index (κ1) is 15.4. The van der Waals surface area contributed by atoms with E-state index in [0.29, 0.717) is 6.54 Å². The minimum atomic E-state index is -1.47. The van der Waals surface area contributed by atoms with E-state index >= 15 is 0 Å². The van der Waals surface area contributed by atoms with Gasteiger partial charge in [-0.05, 0) is 13.8 Å². The van der Waals surface area contributed by atoms with Gasteiger partial charge in [0.05, 0.1) is 23.6 Å². The fraction of sp³-hybridized carbons (Fsp3) is 0.545. The number of carboxylic acids is 1. The van der Waals surface area contributed by atoms with Gasteiger partial charge in [-0.1, -0.05) is 0 Å². The van der Waals surface area contributed by atoms with Crippen molar-refractivity contribution in [3.05, 3.63) is 16.1 Å². The van der Waals surface area contributed by atoms with Crippen LogP contribution in [0.25, 0.3) is 0 Å². The molecule has 0 saturated carbocycles. The Balaban J connectivity index is 2.30. The molecular weight excluding hydrogens is 270 g/mol. The van der Waals surface area contributed by atoms with Gasteiger partial charge in [0.15, 0.2) is 0 Å². The van der Waals surface area contributed by atoms with Crippen molar-refractivity contribution in [1.82, 2.24) is 15.6 Å². The average molecular weight is 287 g/mol. The summed E-state index contributed by atoms with van der Waals surface area (Å²) in [4.78, 5) is 26.9. The largest absolute Gasteiger partial charge is 0.481 e. The number of thiazole rings is 1. The van der Waals surface area contributed by atoms with Gasteiger partial charge in [0.2, 0.25) is 0 Å². The first-order valence-corrected chi connectivity index (χ1v) is 6.47. The topological polar surface area (TPSA) is 112 Å². The van der Waals surface area contributed by atoms with Gasteiger partial charge >= 0.3 is 12.0 Å². The van der Waals surface area contributed by atoms with Gasteiger partial charge in [-0.25, -0.2) is 9.78 Å². The number of urea groups is 1. The molecule has 0 aliphatic carbocycles. The summed E-state index contributed by atoms with van der Waals surface area (Å²) >= 11 is 1.48. The Morgan fingerprint density at radius 3 is 2.68 bits per heavy atom. The maximum Gasteiger partial charge on any atom is 0.315 e. The summed E-state index contributed by atoms with van der Waals surface area (Å²) < 4.78 is 0. The van der Waals surface area contributed by atoms with Crippen LogP contribution in [0.3, 0.4) is 0 Å². The van der Waals surface area contributed by atoms with Crippen molar-refractivity contribution in [1.29, 1.82) is 0 Å². The van der Waals surface area contributed by atoms with Gasteiger partial charge < -0.3 is 20.8 Å². The number of aliphatic carboxylic acids is 1. The van der Waals surface area contributed by atoms with Gasteiger partial charge in [-0.15, -0.1) is 11.3 Å². The summed E-state index contributed by atoms with van der Waals surface area (Å²) in [5.74, 6) is -1.12. The predicted molar refractivity (Wildman–Crippen MR) is 70.0 cm³/mol. The number of rotatable bonds is 6. The minimum absolute atomic E-state index is 0.132. The number of aliphatic hydroxyl groups is 1. The Morgan fingerprint density at radius 2 is 2.16 bits per heavy atom. The second-order valence-electron chi connectivity index (χ2n) is 4.45. The van der Waals surface area contributed by atoms with Crippen molar-refractivity contribution in [2.75, 3.05) is 6.54 Å². The number of nitrogens with one attached hydrogen (secondary N) is 2. The number of carbonyl (C=O) groups is 2. The maximum absolute atomic E-state index is 11.5. The van der Waals surface area contributed by atoms with Crippen LogP contribution in [0.2, 0.25) is 0 Å². The Kier molecular flexibility index (Phi) is 5.25. The summed E-state index contributed by atoms with van der Waals surface area (Å²) in [5.41, 5.74) is -1.47. The van der Waals surface area contributed by atoms with E-state index in [-0.39, 0.29) is 6.54 Å². The third kappa shape index (κ3) is 6.16. The number of aryl methyl sites for hydroxylation is 1. The van der Waals surface area contributed by atoms with Crippen molar-refractivity contribution in [3.8, 4) is 0 Å². The molecule has 0 radical (unpaired) electrons. The van der Waals surface area contributed by atoms with Crippen LogP contribution in [0.1, 0.15) is 23.2 Å². The number of carbonyl (C=O) groups excluding carboxylic acids is 1. The third-order valence-electron chi connectivity index (χ3n) is 2.25. The Labute approximate surface area is 114 Å². The van der Waals surface area contributed by atoms with Gasteiger partial charge in [0.25, 0.3) is 0 Å². The van der Waals surface area contributed by atoms with Crippen molar-refractivity contribution in [2.24, 2.45) is 0 Å². The first-order chi connectivity index (χ1) is 8.78. The summed E-state index contributed by atoms with van der Waals surface area (Å²) in [6.07, 6.45) is 1.25. The second kappa shape index (κ2) is 6.48. The molecule has 106 valence electrons. The highest BCUT2D eigenvalue weighted by molar-refractivity contribution is 7.11. The van der Waals surface area contributed by atoms with Crippen LogP contribution in [0, 0.1) is 6.92 Å².